The Morgan fingerprint density at radius 2 is 1.51 bits per heavy atom. The van der Waals surface area contributed by atoms with E-state index in [2.05, 4.69) is 92.7 Å². The van der Waals surface area contributed by atoms with Gasteiger partial charge in [0.25, 0.3) is 0 Å². The van der Waals surface area contributed by atoms with E-state index in [1.807, 2.05) is 43.2 Å². The molecule has 4 nitrogen and oxygen atoms in total. The highest BCUT2D eigenvalue weighted by Gasteiger charge is 2.25. The normalized spacial score (nSPS) is 12.8. The highest BCUT2D eigenvalue weighted by molar-refractivity contribution is 9.11. The SMILES string of the molecule is BrCc1cc(Br)cs1.CC(C)(C)OC(=O)N1CCc2ccc(Cl)c(SCc3cc(Br)cs3)c2CC1.OCc1cc(Br)cs1. The summed E-state index contributed by atoms with van der Waals surface area (Å²) in [6.07, 6.45) is 1.38. The maximum atomic E-state index is 12.5. The number of ether oxygens (including phenoxy) is 1. The summed E-state index contributed by atoms with van der Waals surface area (Å²) in [5, 5.41) is 16.4. The van der Waals surface area contributed by atoms with Gasteiger partial charge in [0.05, 0.1) is 11.6 Å². The number of aliphatic hydroxyl groups excluding tert-OH is 1. The molecule has 0 bridgehead atoms. The van der Waals surface area contributed by atoms with Crippen LogP contribution in [0.15, 0.2) is 64.8 Å². The van der Waals surface area contributed by atoms with Gasteiger partial charge < -0.3 is 14.7 Å². The van der Waals surface area contributed by atoms with Crippen molar-refractivity contribution in [2.24, 2.45) is 0 Å². The van der Waals surface area contributed by atoms with Crippen LogP contribution in [0.1, 0.15) is 46.5 Å². The van der Waals surface area contributed by atoms with Gasteiger partial charge in [0, 0.05) is 73.3 Å². The molecular weight excluding hydrogens is 906 g/mol. The number of thioether (sulfide) groups is 1. The first-order valence-electron chi connectivity index (χ1n) is 13.1. The number of hydrogen-bond acceptors (Lipinski definition) is 7. The first kappa shape index (κ1) is 37.6. The van der Waals surface area contributed by atoms with Crippen LogP contribution in [-0.4, -0.2) is 34.8 Å². The number of amides is 1. The molecule has 13 heteroatoms. The fraction of sp³-hybridized carbons (Fsp3) is 0.367. The molecule has 234 valence electrons. The zero-order chi connectivity index (χ0) is 31.6. The van der Waals surface area contributed by atoms with E-state index in [1.165, 1.54) is 25.4 Å². The van der Waals surface area contributed by atoms with E-state index in [-0.39, 0.29) is 12.7 Å². The van der Waals surface area contributed by atoms with Crippen LogP contribution in [0, 0.1) is 0 Å². The van der Waals surface area contributed by atoms with Gasteiger partial charge in [-0.3, -0.25) is 0 Å². The van der Waals surface area contributed by atoms with Gasteiger partial charge in [-0.25, -0.2) is 4.79 Å². The van der Waals surface area contributed by atoms with Crippen LogP contribution in [0.4, 0.5) is 4.79 Å². The van der Waals surface area contributed by atoms with Gasteiger partial charge in [0.1, 0.15) is 5.60 Å². The van der Waals surface area contributed by atoms with Crippen LogP contribution in [0.3, 0.4) is 0 Å². The Labute approximate surface area is 309 Å². The Balaban J connectivity index is 0.000000255. The van der Waals surface area contributed by atoms with E-state index < -0.39 is 5.60 Å². The lowest BCUT2D eigenvalue weighted by molar-refractivity contribution is 0.0258. The van der Waals surface area contributed by atoms with Gasteiger partial charge in [-0.05, 0) is 117 Å². The smallest absolute Gasteiger partial charge is 0.410 e. The monoisotopic (exact) mass is 933 g/mol. The summed E-state index contributed by atoms with van der Waals surface area (Å²) in [6, 6.07) is 10.2. The molecule has 1 amide bonds. The molecule has 4 aromatic rings. The fourth-order valence-electron chi connectivity index (χ4n) is 3.86. The summed E-state index contributed by atoms with van der Waals surface area (Å²) in [7, 11) is 0. The van der Waals surface area contributed by atoms with Crippen LogP contribution in [0.2, 0.25) is 5.02 Å². The Kier molecular flexibility index (Phi) is 16.1. The van der Waals surface area contributed by atoms with Crippen molar-refractivity contribution >= 4 is 127 Å². The second-order valence-corrected chi connectivity index (χ2v) is 17.9. The molecule has 1 aromatic carbocycles. The Bertz CT molecular complexity index is 1430. The molecule has 0 unspecified atom stereocenters. The maximum Gasteiger partial charge on any atom is 0.410 e. The number of hydrogen-bond donors (Lipinski definition) is 1. The van der Waals surface area contributed by atoms with Gasteiger partial charge in [0.2, 0.25) is 0 Å². The third-order valence-corrected chi connectivity index (χ3v) is 13.6. The molecule has 0 fully saturated rings. The standard InChI is InChI=1S/C20H23BrClNO2S2.C5H4Br2S.C5H5BrOS/c1-20(2,3)25-19(24)23-8-6-13-4-5-17(22)18(16(13)7-9-23)27-12-15-10-14(21)11-26-15;6-2-5-1-4(7)3-8-5;6-4-1-5(2-7)8-3-4/h4-5,10-11H,6-9,12H2,1-3H3;1,3H,2H2;1,3,7H,2H2. The predicted molar refractivity (Wildman–Crippen MR) is 201 cm³/mol. The Morgan fingerprint density at radius 1 is 0.953 bits per heavy atom. The number of carbonyl (C=O) groups excluding carboxylic acids is 1. The van der Waals surface area contributed by atoms with Crippen molar-refractivity contribution in [1.29, 1.82) is 0 Å². The summed E-state index contributed by atoms with van der Waals surface area (Å²) in [5.74, 6) is 0.891. The molecule has 3 aromatic heterocycles. The topological polar surface area (TPSA) is 49.8 Å². The van der Waals surface area contributed by atoms with Gasteiger partial charge in [-0.1, -0.05) is 33.6 Å². The zero-order valence-corrected chi connectivity index (χ0v) is 34.2. The largest absolute Gasteiger partial charge is 0.444 e. The third kappa shape index (κ3) is 13.0. The number of carbonyl (C=O) groups is 1. The van der Waals surface area contributed by atoms with E-state index in [0.29, 0.717) is 13.1 Å². The lowest BCUT2D eigenvalue weighted by Gasteiger charge is -2.26. The maximum absolute atomic E-state index is 12.5. The second-order valence-electron chi connectivity index (χ2n) is 10.3. The highest BCUT2D eigenvalue weighted by atomic mass is 79.9. The third-order valence-electron chi connectivity index (χ3n) is 5.76. The number of benzene rings is 1. The number of rotatable bonds is 5. The number of aliphatic hydroxyl groups is 1. The first-order valence-corrected chi connectivity index (χ1v) is 20.6. The van der Waals surface area contributed by atoms with E-state index in [4.69, 9.17) is 21.4 Å². The van der Waals surface area contributed by atoms with Crippen molar-refractivity contribution in [2.45, 2.75) is 61.8 Å². The number of fused-ring (bicyclic) bond motifs is 1. The summed E-state index contributed by atoms with van der Waals surface area (Å²) in [6.45, 7) is 7.17. The van der Waals surface area contributed by atoms with E-state index in [0.717, 1.165) is 47.7 Å². The molecule has 4 heterocycles. The molecule has 0 saturated heterocycles. The van der Waals surface area contributed by atoms with Crippen molar-refractivity contribution in [3.63, 3.8) is 0 Å². The van der Waals surface area contributed by atoms with Gasteiger partial charge in [-0.2, -0.15) is 0 Å². The Morgan fingerprint density at radius 3 is 1.98 bits per heavy atom. The lowest BCUT2D eigenvalue weighted by Crippen LogP contribution is -2.38. The molecule has 5 rings (SSSR count). The van der Waals surface area contributed by atoms with Crippen molar-refractivity contribution in [3.05, 3.63) is 90.7 Å². The number of thiophene rings is 3. The fourth-order valence-corrected chi connectivity index (χ4v) is 10.0. The minimum absolute atomic E-state index is 0.149. The first-order chi connectivity index (χ1) is 20.4. The van der Waals surface area contributed by atoms with Crippen LogP contribution in [0.25, 0.3) is 0 Å². The van der Waals surface area contributed by atoms with Crippen LogP contribution >= 0.6 is 121 Å². The molecule has 1 aliphatic heterocycles. The van der Waals surface area contributed by atoms with Crippen LogP contribution < -0.4 is 0 Å². The molecule has 0 atom stereocenters. The zero-order valence-electron chi connectivity index (χ0n) is 23.8. The molecule has 43 heavy (non-hydrogen) atoms. The van der Waals surface area contributed by atoms with Gasteiger partial charge in [0.15, 0.2) is 0 Å². The molecule has 1 aliphatic rings. The lowest BCUT2D eigenvalue weighted by atomic mass is 10.0. The summed E-state index contributed by atoms with van der Waals surface area (Å²) < 4.78 is 8.89. The molecule has 0 aliphatic carbocycles. The number of halogens is 5. The summed E-state index contributed by atoms with van der Waals surface area (Å²) >= 11 is 26.9. The van der Waals surface area contributed by atoms with Gasteiger partial charge in [-0.15, -0.1) is 45.8 Å². The average molecular weight is 938 g/mol. The van der Waals surface area contributed by atoms with E-state index in [9.17, 15) is 4.79 Å². The minimum Gasteiger partial charge on any atom is -0.444 e. The highest BCUT2D eigenvalue weighted by Crippen LogP contribution is 2.38. The Hall–Kier alpha value is 0.110. The van der Waals surface area contributed by atoms with Crippen molar-refractivity contribution in [2.75, 3.05) is 13.1 Å². The van der Waals surface area contributed by atoms with Crippen molar-refractivity contribution < 1.29 is 14.6 Å². The van der Waals surface area contributed by atoms with Crippen LogP contribution in [-0.2, 0) is 35.3 Å². The number of nitrogens with zero attached hydrogens (tertiary/aromatic N) is 1. The van der Waals surface area contributed by atoms with Crippen LogP contribution in [0.5, 0.6) is 0 Å². The average Bonchev–Trinajstić information content (AvgIpc) is 3.65. The van der Waals surface area contributed by atoms with Crippen molar-refractivity contribution in [3.8, 4) is 0 Å². The summed E-state index contributed by atoms with van der Waals surface area (Å²) in [4.78, 5) is 19.1. The van der Waals surface area contributed by atoms with Gasteiger partial charge >= 0.3 is 6.09 Å². The molecule has 0 spiro atoms. The van der Waals surface area contributed by atoms with E-state index in [1.54, 1.807) is 45.8 Å². The van der Waals surface area contributed by atoms with Crippen molar-refractivity contribution in [1.82, 2.24) is 4.90 Å². The summed E-state index contributed by atoms with van der Waals surface area (Å²) in [5.41, 5.74) is 2.07. The van der Waals surface area contributed by atoms with E-state index >= 15 is 0 Å². The number of alkyl halides is 1. The molecule has 0 radical (unpaired) electrons. The quantitative estimate of drug-likeness (QED) is 0.160. The molecule has 1 N–H and O–H groups in total. The second kappa shape index (κ2) is 18.4. The minimum atomic E-state index is -0.477. The molecule has 0 saturated carbocycles. The predicted octanol–water partition coefficient (Wildman–Crippen LogP) is 12.2. The molecular formula is C30H32Br4ClNO3S4.